The molecule has 0 aliphatic rings. The average molecular weight is 384 g/mol. The number of halogens is 5. The largest absolute Gasteiger partial charge is 0.397 e. The summed E-state index contributed by atoms with van der Waals surface area (Å²) in [5.74, 6) is -0.572. The molecule has 0 unspecified atom stereocenters. The highest BCUT2D eigenvalue weighted by molar-refractivity contribution is 9.10. The van der Waals surface area contributed by atoms with E-state index in [0.717, 1.165) is 0 Å². The molecule has 2 aromatic rings. The highest BCUT2D eigenvalue weighted by Gasteiger charge is 2.11. The minimum Gasteiger partial charge on any atom is -0.397 e. The predicted octanol–water partition coefficient (Wildman–Crippen LogP) is 5.87. The number of rotatable bonds is 2. The number of hydrogen-bond donors (Lipinski definition) is 2. The van der Waals surface area contributed by atoms with E-state index in [-0.39, 0.29) is 5.02 Å². The lowest BCUT2D eigenvalue weighted by Crippen LogP contribution is -1.98. The van der Waals surface area contributed by atoms with Crippen molar-refractivity contribution in [2.24, 2.45) is 0 Å². The van der Waals surface area contributed by atoms with Crippen molar-refractivity contribution in [1.29, 1.82) is 0 Å². The lowest BCUT2D eigenvalue weighted by Gasteiger charge is -2.13. The topological polar surface area (TPSA) is 38.0 Å². The molecule has 2 nitrogen and oxygen atoms in total. The Kier molecular flexibility index (Phi) is 4.46. The van der Waals surface area contributed by atoms with E-state index in [9.17, 15) is 4.39 Å². The molecule has 0 amide bonds. The molecule has 0 atom stereocenters. The van der Waals surface area contributed by atoms with E-state index in [4.69, 9.17) is 40.5 Å². The van der Waals surface area contributed by atoms with Crippen molar-refractivity contribution >= 4 is 67.8 Å². The number of anilines is 3. The summed E-state index contributed by atoms with van der Waals surface area (Å²) >= 11 is 21.0. The van der Waals surface area contributed by atoms with Gasteiger partial charge in [0.1, 0.15) is 5.82 Å². The molecule has 19 heavy (non-hydrogen) atoms. The van der Waals surface area contributed by atoms with Crippen LogP contribution in [-0.2, 0) is 0 Å². The average Bonchev–Trinajstić information content (AvgIpc) is 2.36. The Labute approximate surface area is 132 Å². The van der Waals surface area contributed by atoms with Gasteiger partial charge >= 0.3 is 0 Å². The summed E-state index contributed by atoms with van der Waals surface area (Å²) in [6.45, 7) is 0. The van der Waals surface area contributed by atoms with Gasteiger partial charge in [0.15, 0.2) is 0 Å². The van der Waals surface area contributed by atoms with E-state index in [2.05, 4.69) is 21.2 Å². The summed E-state index contributed by atoms with van der Waals surface area (Å²) in [4.78, 5) is 0. The molecule has 0 aliphatic carbocycles. The number of nitrogens with two attached hydrogens (primary N) is 1. The van der Waals surface area contributed by atoms with Gasteiger partial charge in [0.25, 0.3) is 0 Å². The van der Waals surface area contributed by atoms with E-state index in [1.54, 1.807) is 12.1 Å². The third-order valence-electron chi connectivity index (χ3n) is 2.40. The molecular formula is C12H7BrCl3FN2. The third-order valence-corrected chi connectivity index (χ3v) is 4.46. The Morgan fingerprint density at radius 1 is 1.05 bits per heavy atom. The fraction of sp³-hybridized carbons (Fsp3) is 0. The summed E-state index contributed by atoms with van der Waals surface area (Å²) < 4.78 is 14.1. The standard InChI is InChI=1S/C12H7BrCl3FN2/c13-5-1-2-9(12(16)11(5)15)19-10-4-7(17)6(14)3-8(10)18/h1-4,19H,18H2. The van der Waals surface area contributed by atoms with Crippen LogP contribution in [0.2, 0.25) is 15.1 Å². The highest BCUT2D eigenvalue weighted by Crippen LogP contribution is 2.38. The maximum Gasteiger partial charge on any atom is 0.144 e. The Morgan fingerprint density at radius 3 is 2.42 bits per heavy atom. The summed E-state index contributed by atoms with van der Waals surface area (Å²) in [6, 6.07) is 5.95. The molecule has 3 N–H and O–H groups in total. The van der Waals surface area contributed by atoms with E-state index >= 15 is 0 Å². The van der Waals surface area contributed by atoms with Gasteiger partial charge in [0.2, 0.25) is 0 Å². The van der Waals surface area contributed by atoms with Gasteiger partial charge in [-0.2, -0.15) is 0 Å². The second-order valence-electron chi connectivity index (χ2n) is 3.70. The lowest BCUT2D eigenvalue weighted by molar-refractivity contribution is 0.629. The van der Waals surface area contributed by atoms with Gasteiger partial charge in [-0.15, -0.1) is 0 Å². The van der Waals surface area contributed by atoms with Crippen molar-refractivity contribution in [2.45, 2.75) is 0 Å². The first kappa shape index (κ1) is 14.7. The fourth-order valence-corrected chi connectivity index (χ4v) is 2.43. The van der Waals surface area contributed by atoms with Crippen LogP contribution in [-0.4, -0.2) is 0 Å². The molecule has 0 aliphatic heterocycles. The van der Waals surface area contributed by atoms with Crippen LogP contribution >= 0.6 is 50.7 Å². The van der Waals surface area contributed by atoms with Crippen LogP contribution in [0.25, 0.3) is 0 Å². The number of nitrogen functional groups attached to an aromatic ring is 1. The smallest absolute Gasteiger partial charge is 0.144 e. The molecule has 0 heterocycles. The van der Waals surface area contributed by atoms with E-state index in [1.807, 2.05) is 0 Å². The number of nitrogens with one attached hydrogen (secondary N) is 1. The predicted molar refractivity (Wildman–Crippen MR) is 83.3 cm³/mol. The zero-order chi connectivity index (χ0) is 14.2. The van der Waals surface area contributed by atoms with Crippen molar-refractivity contribution in [2.75, 3.05) is 11.1 Å². The van der Waals surface area contributed by atoms with Crippen LogP contribution in [0.1, 0.15) is 0 Å². The van der Waals surface area contributed by atoms with E-state index in [1.165, 1.54) is 12.1 Å². The van der Waals surface area contributed by atoms with Crippen molar-refractivity contribution in [3.63, 3.8) is 0 Å². The molecule has 0 bridgehead atoms. The Balaban J connectivity index is 2.42. The van der Waals surface area contributed by atoms with Crippen LogP contribution in [0.5, 0.6) is 0 Å². The molecule has 0 spiro atoms. The monoisotopic (exact) mass is 382 g/mol. The van der Waals surface area contributed by atoms with E-state index in [0.29, 0.717) is 31.6 Å². The third kappa shape index (κ3) is 3.08. The maximum absolute atomic E-state index is 13.4. The van der Waals surface area contributed by atoms with Gasteiger partial charge in [-0.05, 0) is 34.1 Å². The van der Waals surface area contributed by atoms with Crippen molar-refractivity contribution in [3.05, 3.63) is 49.6 Å². The minimum absolute atomic E-state index is 0.0389. The molecule has 0 saturated heterocycles. The first-order chi connectivity index (χ1) is 8.90. The highest BCUT2D eigenvalue weighted by atomic mass is 79.9. The molecule has 0 aromatic heterocycles. The normalized spacial score (nSPS) is 10.6. The van der Waals surface area contributed by atoms with Gasteiger partial charge in [0, 0.05) is 10.5 Å². The van der Waals surface area contributed by atoms with Crippen molar-refractivity contribution in [3.8, 4) is 0 Å². The summed E-state index contributed by atoms with van der Waals surface area (Å²) in [7, 11) is 0. The van der Waals surface area contributed by atoms with Crippen molar-refractivity contribution in [1.82, 2.24) is 0 Å². The molecular weight excluding hydrogens is 377 g/mol. The van der Waals surface area contributed by atoms with Gasteiger partial charge < -0.3 is 11.1 Å². The second-order valence-corrected chi connectivity index (χ2v) is 5.72. The van der Waals surface area contributed by atoms with Gasteiger partial charge in [-0.3, -0.25) is 0 Å². The zero-order valence-electron chi connectivity index (χ0n) is 9.28. The molecule has 0 fully saturated rings. The van der Waals surface area contributed by atoms with Gasteiger partial charge in [-0.1, -0.05) is 34.8 Å². The van der Waals surface area contributed by atoms with Crippen LogP contribution in [0.15, 0.2) is 28.7 Å². The SMILES string of the molecule is Nc1cc(Cl)c(F)cc1Nc1ccc(Br)c(Cl)c1Cl. The first-order valence-electron chi connectivity index (χ1n) is 5.05. The molecule has 2 rings (SSSR count). The quantitative estimate of drug-likeness (QED) is 0.502. The van der Waals surface area contributed by atoms with Crippen LogP contribution in [0.3, 0.4) is 0 Å². The molecule has 0 radical (unpaired) electrons. The van der Waals surface area contributed by atoms with Gasteiger partial charge in [-0.25, -0.2) is 4.39 Å². The number of benzene rings is 2. The van der Waals surface area contributed by atoms with Gasteiger partial charge in [0.05, 0.1) is 32.1 Å². The van der Waals surface area contributed by atoms with Crippen LogP contribution in [0.4, 0.5) is 21.5 Å². The Bertz CT molecular complexity index is 649. The minimum atomic E-state index is -0.572. The van der Waals surface area contributed by atoms with Crippen LogP contribution in [0, 0.1) is 5.82 Å². The molecule has 7 heteroatoms. The maximum atomic E-state index is 13.4. The Hall–Kier alpha value is -0.680. The van der Waals surface area contributed by atoms with E-state index < -0.39 is 5.82 Å². The summed E-state index contributed by atoms with van der Waals surface area (Å²) in [6.07, 6.45) is 0. The second kappa shape index (κ2) is 5.75. The summed E-state index contributed by atoms with van der Waals surface area (Å²) in [5.41, 5.74) is 6.94. The Morgan fingerprint density at radius 2 is 1.74 bits per heavy atom. The fourth-order valence-electron chi connectivity index (χ4n) is 1.44. The number of hydrogen-bond acceptors (Lipinski definition) is 2. The first-order valence-corrected chi connectivity index (χ1v) is 6.98. The molecule has 100 valence electrons. The lowest BCUT2D eigenvalue weighted by atomic mass is 10.2. The zero-order valence-corrected chi connectivity index (χ0v) is 13.1. The molecule has 0 saturated carbocycles. The van der Waals surface area contributed by atoms with Crippen LogP contribution < -0.4 is 11.1 Å². The van der Waals surface area contributed by atoms with Crippen molar-refractivity contribution < 1.29 is 4.39 Å². The molecule has 2 aromatic carbocycles. The summed E-state index contributed by atoms with van der Waals surface area (Å²) in [5, 5.41) is 3.55.